The summed E-state index contributed by atoms with van der Waals surface area (Å²) in [5, 5.41) is 9.91. The Hall–Kier alpha value is -1.16. The standard InChI is InChI=1S/C13H16N2O.ClH/c14-12(5-3-9-16)10-7-8-15-13-6-2-1-4-11(10)13;/h1-2,4,6-8,12,16H,3,5,9,14H2;1H/t12-;/m1./s1. The molecule has 2 aromatic rings. The summed E-state index contributed by atoms with van der Waals surface area (Å²) < 4.78 is 0. The number of aromatic nitrogens is 1. The maximum Gasteiger partial charge on any atom is 0.0705 e. The van der Waals surface area contributed by atoms with Crippen LogP contribution >= 0.6 is 12.4 Å². The van der Waals surface area contributed by atoms with E-state index in [2.05, 4.69) is 4.98 Å². The molecular weight excluding hydrogens is 236 g/mol. The average molecular weight is 253 g/mol. The third kappa shape index (κ3) is 3.16. The van der Waals surface area contributed by atoms with Crippen molar-refractivity contribution in [2.45, 2.75) is 18.9 Å². The number of aliphatic hydroxyl groups excluding tert-OH is 1. The van der Waals surface area contributed by atoms with E-state index in [1.165, 1.54) is 0 Å². The van der Waals surface area contributed by atoms with Gasteiger partial charge in [0.15, 0.2) is 0 Å². The molecule has 1 atom stereocenters. The lowest BCUT2D eigenvalue weighted by Crippen LogP contribution is -2.11. The van der Waals surface area contributed by atoms with Crippen molar-refractivity contribution in [2.24, 2.45) is 5.73 Å². The number of halogens is 1. The van der Waals surface area contributed by atoms with E-state index >= 15 is 0 Å². The lowest BCUT2D eigenvalue weighted by Gasteiger charge is -2.13. The summed E-state index contributed by atoms with van der Waals surface area (Å²) in [5.74, 6) is 0. The first-order valence-corrected chi connectivity index (χ1v) is 5.53. The van der Waals surface area contributed by atoms with Gasteiger partial charge in [-0.2, -0.15) is 0 Å². The van der Waals surface area contributed by atoms with Gasteiger partial charge >= 0.3 is 0 Å². The predicted molar refractivity (Wildman–Crippen MR) is 72.2 cm³/mol. The van der Waals surface area contributed by atoms with Crippen LogP contribution in [0.25, 0.3) is 10.9 Å². The van der Waals surface area contributed by atoms with Gasteiger partial charge in [-0.25, -0.2) is 0 Å². The molecule has 0 saturated carbocycles. The largest absolute Gasteiger partial charge is 0.396 e. The molecule has 17 heavy (non-hydrogen) atoms. The van der Waals surface area contributed by atoms with Crippen molar-refractivity contribution in [3.8, 4) is 0 Å². The van der Waals surface area contributed by atoms with E-state index in [0.29, 0.717) is 0 Å². The minimum atomic E-state index is -0.0277. The SMILES string of the molecule is Cl.N[C@H](CCCO)c1ccnc2ccccc12. The Kier molecular flexibility index (Phi) is 5.35. The van der Waals surface area contributed by atoms with Crippen molar-refractivity contribution in [2.75, 3.05) is 6.61 Å². The first kappa shape index (κ1) is 13.9. The molecule has 0 unspecified atom stereocenters. The first-order valence-electron chi connectivity index (χ1n) is 5.53. The van der Waals surface area contributed by atoms with E-state index in [0.717, 1.165) is 29.3 Å². The zero-order valence-corrected chi connectivity index (χ0v) is 10.4. The average Bonchev–Trinajstić information content (AvgIpc) is 2.35. The van der Waals surface area contributed by atoms with E-state index in [9.17, 15) is 0 Å². The topological polar surface area (TPSA) is 59.1 Å². The number of para-hydroxylation sites is 1. The molecule has 0 aliphatic heterocycles. The van der Waals surface area contributed by atoms with E-state index in [1.807, 2.05) is 30.3 Å². The van der Waals surface area contributed by atoms with Crippen LogP contribution in [0.1, 0.15) is 24.4 Å². The quantitative estimate of drug-likeness (QED) is 0.879. The smallest absolute Gasteiger partial charge is 0.0705 e. The summed E-state index contributed by atoms with van der Waals surface area (Å²) in [4.78, 5) is 4.30. The molecule has 4 heteroatoms. The Morgan fingerprint density at radius 2 is 2.00 bits per heavy atom. The van der Waals surface area contributed by atoms with E-state index in [1.54, 1.807) is 6.20 Å². The molecular formula is C13H17ClN2O. The molecule has 2 rings (SSSR count). The Labute approximate surface area is 107 Å². The highest BCUT2D eigenvalue weighted by Crippen LogP contribution is 2.23. The maximum absolute atomic E-state index is 8.81. The molecule has 0 fully saturated rings. The van der Waals surface area contributed by atoms with E-state index in [-0.39, 0.29) is 25.1 Å². The van der Waals surface area contributed by atoms with Gasteiger partial charge in [0, 0.05) is 24.2 Å². The van der Waals surface area contributed by atoms with Gasteiger partial charge in [0.1, 0.15) is 0 Å². The second kappa shape index (κ2) is 6.55. The predicted octanol–water partition coefficient (Wildman–Crippen LogP) is 2.43. The number of hydrogen-bond acceptors (Lipinski definition) is 3. The number of aliphatic hydroxyl groups is 1. The molecule has 1 aromatic heterocycles. The van der Waals surface area contributed by atoms with Crippen molar-refractivity contribution >= 4 is 23.3 Å². The van der Waals surface area contributed by atoms with Gasteiger partial charge in [-0.05, 0) is 30.5 Å². The number of nitrogens with zero attached hydrogens (tertiary/aromatic N) is 1. The molecule has 0 saturated heterocycles. The first-order chi connectivity index (χ1) is 7.83. The highest BCUT2D eigenvalue weighted by molar-refractivity contribution is 5.85. The van der Waals surface area contributed by atoms with Gasteiger partial charge < -0.3 is 10.8 Å². The highest BCUT2D eigenvalue weighted by atomic mass is 35.5. The lowest BCUT2D eigenvalue weighted by atomic mass is 9.99. The third-order valence-corrected chi connectivity index (χ3v) is 2.76. The summed E-state index contributed by atoms with van der Waals surface area (Å²) in [5.41, 5.74) is 8.19. The molecule has 92 valence electrons. The third-order valence-electron chi connectivity index (χ3n) is 2.76. The number of hydrogen-bond donors (Lipinski definition) is 2. The maximum atomic E-state index is 8.81. The fourth-order valence-corrected chi connectivity index (χ4v) is 1.91. The summed E-state index contributed by atoms with van der Waals surface area (Å²) in [6.07, 6.45) is 3.32. The Balaban J connectivity index is 0.00000144. The van der Waals surface area contributed by atoms with Crippen molar-refractivity contribution < 1.29 is 5.11 Å². The Bertz CT molecular complexity index is 470. The molecule has 0 aliphatic carbocycles. The summed E-state index contributed by atoms with van der Waals surface area (Å²) in [6, 6.07) is 9.92. The molecule has 0 aliphatic rings. The van der Waals surface area contributed by atoms with Crippen LogP contribution in [0.4, 0.5) is 0 Å². The van der Waals surface area contributed by atoms with Crippen LogP contribution in [0.2, 0.25) is 0 Å². The Morgan fingerprint density at radius 3 is 2.76 bits per heavy atom. The van der Waals surface area contributed by atoms with Gasteiger partial charge in [0.25, 0.3) is 0 Å². The van der Waals surface area contributed by atoms with E-state index in [4.69, 9.17) is 10.8 Å². The van der Waals surface area contributed by atoms with Gasteiger partial charge in [-0.15, -0.1) is 12.4 Å². The molecule has 0 amide bonds. The fourth-order valence-electron chi connectivity index (χ4n) is 1.91. The number of benzene rings is 1. The highest BCUT2D eigenvalue weighted by Gasteiger charge is 2.09. The molecule has 3 nitrogen and oxygen atoms in total. The fraction of sp³-hybridized carbons (Fsp3) is 0.308. The zero-order valence-electron chi connectivity index (χ0n) is 9.54. The van der Waals surface area contributed by atoms with Gasteiger partial charge in [-0.3, -0.25) is 4.98 Å². The van der Waals surface area contributed by atoms with Crippen molar-refractivity contribution in [1.82, 2.24) is 4.98 Å². The normalized spacial score (nSPS) is 12.1. The van der Waals surface area contributed by atoms with Crippen LogP contribution in [0, 0.1) is 0 Å². The Morgan fingerprint density at radius 1 is 1.24 bits per heavy atom. The lowest BCUT2D eigenvalue weighted by molar-refractivity contribution is 0.280. The molecule has 0 radical (unpaired) electrons. The minimum absolute atomic E-state index is 0. The van der Waals surface area contributed by atoms with Crippen LogP contribution < -0.4 is 5.73 Å². The number of nitrogens with two attached hydrogens (primary N) is 1. The number of rotatable bonds is 4. The van der Waals surface area contributed by atoms with Crippen LogP contribution in [0.15, 0.2) is 36.5 Å². The van der Waals surface area contributed by atoms with Crippen LogP contribution in [0.3, 0.4) is 0 Å². The number of fused-ring (bicyclic) bond motifs is 1. The monoisotopic (exact) mass is 252 g/mol. The van der Waals surface area contributed by atoms with Crippen LogP contribution in [0.5, 0.6) is 0 Å². The van der Waals surface area contributed by atoms with Gasteiger partial charge in [0.05, 0.1) is 5.52 Å². The van der Waals surface area contributed by atoms with E-state index < -0.39 is 0 Å². The van der Waals surface area contributed by atoms with Crippen molar-refractivity contribution in [3.05, 3.63) is 42.1 Å². The second-order valence-corrected chi connectivity index (χ2v) is 3.89. The minimum Gasteiger partial charge on any atom is -0.396 e. The van der Waals surface area contributed by atoms with Gasteiger partial charge in [0.2, 0.25) is 0 Å². The van der Waals surface area contributed by atoms with Crippen LogP contribution in [-0.4, -0.2) is 16.7 Å². The summed E-state index contributed by atoms with van der Waals surface area (Å²) >= 11 is 0. The second-order valence-electron chi connectivity index (χ2n) is 3.89. The number of pyridine rings is 1. The molecule has 3 N–H and O–H groups in total. The zero-order chi connectivity index (χ0) is 11.4. The van der Waals surface area contributed by atoms with Crippen molar-refractivity contribution in [1.29, 1.82) is 0 Å². The summed E-state index contributed by atoms with van der Waals surface area (Å²) in [6.45, 7) is 0.191. The summed E-state index contributed by atoms with van der Waals surface area (Å²) in [7, 11) is 0. The molecule has 1 heterocycles. The molecule has 0 bridgehead atoms. The molecule has 1 aromatic carbocycles. The van der Waals surface area contributed by atoms with Gasteiger partial charge in [-0.1, -0.05) is 18.2 Å². The van der Waals surface area contributed by atoms with Crippen molar-refractivity contribution in [3.63, 3.8) is 0 Å². The molecule has 0 spiro atoms. The van der Waals surface area contributed by atoms with Crippen LogP contribution in [-0.2, 0) is 0 Å².